The molecule has 3 rings (SSSR count). The van der Waals surface area contributed by atoms with Crippen LogP contribution in [-0.2, 0) is 11.3 Å². The molecule has 94 valence electrons. The van der Waals surface area contributed by atoms with E-state index in [9.17, 15) is 4.79 Å². The van der Waals surface area contributed by atoms with E-state index in [2.05, 4.69) is 19.8 Å². The summed E-state index contributed by atoms with van der Waals surface area (Å²) in [4.78, 5) is 16.4. The van der Waals surface area contributed by atoms with Crippen LogP contribution in [0.5, 0.6) is 0 Å². The van der Waals surface area contributed by atoms with E-state index >= 15 is 0 Å². The molecule has 1 fully saturated rings. The van der Waals surface area contributed by atoms with Crippen molar-refractivity contribution in [3.05, 3.63) is 33.5 Å². The molecule has 1 saturated heterocycles. The zero-order valence-corrected chi connectivity index (χ0v) is 11.2. The minimum absolute atomic E-state index is 0.0844. The molecule has 5 nitrogen and oxygen atoms in total. The fourth-order valence-corrected chi connectivity index (χ4v) is 3.47. The van der Waals surface area contributed by atoms with E-state index in [0.717, 1.165) is 22.8 Å². The molecule has 1 aliphatic heterocycles. The van der Waals surface area contributed by atoms with E-state index in [1.807, 2.05) is 17.5 Å². The molecule has 7 heteroatoms. The maximum atomic E-state index is 12.1. The van der Waals surface area contributed by atoms with Crippen molar-refractivity contribution in [2.75, 3.05) is 13.1 Å². The van der Waals surface area contributed by atoms with Crippen molar-refractivity contribution in [1.82, 2.24) is 19.8 Å². The highest BCUT2D eigenvalue weighted by Gasteiger charge is 2.31. The van der Waals surface area contributed by atoms with Gasteiger partial charge in [0.2, 0.25) is 5.91 Å². The zero-order chi connectivity index (χ0) is 12.4. The quantitative estimate of drug-likeness (QED) is 0.920. The molecule has 0 bridgehead atoms. The lowest BCUT2D eigenvalue weighted by atomic mass is 10.1. The minimum atomic E-state index is -0.180. The third-order valence-electron chi connectivity index (χ3n) is 2.89. The molecule has 2 aromatic heterocycles. The second-order valence-electron chi connectivity index (χ2n) is 4.06. The summed E-state index contributed by atoms with van der Waals surface area (Å²) in [6.45, 7) is 2.28. The van der Waals surface area contributed by atoms with E-state index < -0.39 is 0 Å². The van der Waals surface area contributed by atoms with Crippen LogP contribution >= 0.6 is 22.9 Å². The standard InChI is InChI=1S/C11H12N4OS2/c16-11-10(9-2-1-5-17-9)15(4-3-12-11)7-8-6-13-14-18-8/h1-2,5-6,10H,3-4,7H2,(H,12,16). The summed E-state index contributed by atoms with van der Waals surface area (Å²) in [5.41, 5.74) is 0. The van der Waals surface area contributed by atoms with Crippen LogP contribution in [0, 0.1) is 0 Å². The molecular formula is C11H12N4OS2. The molecule has 0 spiro atoms. The molecule has 1 N–H and O–H groups in total. The Hall–Kier alpha value is -1.31. The summed E-state index contributed by atoms with van der Waals surface area (Å²) in [6.07, 6.45) is 1.77. The van der Waals surface area contributed by atoms with Gasteiger partial charge in [-0.25, -0.2) is 0 Å². The second-order valence-corrected chi connectivity index (χ2v) is 5.91. The van der Waals surface area contributed by atoms with E-state index in [0.29, 0.717) is 6.54 Å². The second kappa shape index (κ2) is 5.13. The summed E-state index contributed by atoms with van der Waals surface area (Å²) < 4.78 is 3.86. The number of aromatic nitrogens is 2. The number of nitrogens with zero attached hydrogens (tertiary/aromatic N) is 3. The lowest BCUT2D eigenvalue weighted by Crippen LogP contribution is -2.49. The first-order valence-electron chi connectivity index (χ1n) is 5.66. The Bertz CT molecular complexity index is 511. The zero-order valence-electron chi connectivity index (χ0n) is 9.57. The average molecular weight is 280 g/mol. The Morgan fingerprint density at radius 3 is 3.22 bits per heavy atom. The van der Waals surface area contributed by atoms with Crippen LogP contribution in [0.15, 0.2) is 23.7 Å². The van der Waals surface area contributed by atoms with Gasteiger partial charge in [0.05, 0.1) is 11.1 Å². The Morgan fingerprint density at radius 2 is 2.50 bits per heavy atom. The number of amides is 1. The number of thiophene rings is 1. The number of piperazine rings is 1. The molecule has 1 amide bonds. The van der Waals surface area contributed by atoms with Crippen LogP contribution in [0.1, 0.15) is 15.8 Å². The van der Waals surface area contributed by atoms with E-state index in [1.54, 1.807) is 17.5 Å². The van der Waals surface area contributed by atoms with Crippen molar-refractivity contribution in [2.45, 2.75) is 12.6 Å². The highest BCUT2D eigenvalue weighted by atomic mass is 32.1. The van der Waals surface area contributed by atoms with E-state index in [-0.39, 0.29) is 11.9 Å². The van der Waals surface area contributed by atoms with Gasteiger partial charge < -0.3 is 5.32 Å². The van der Waals surface area contributed by atoms with Crippen molar-refractivity contribution in [1.29, 1.82) is 0 Å². The largest absolute Gasteiger partial charge is 0.353 e. The molecule has 0 radical (unpaired) electrons. The molecule has 1 aliphatic rings. The van der Waals surface area contributed by atoms with Crippen molar-refractivity contribution >= 4 is 28.8 Å². The van der Waals surface area contributed by atoms with Crippen LogP contribution in [0.25, 0.3) is 0 Å². The van der Waals surface area contributed by atoms with Gasteiger partial charge in [-0.2, -0.15) is 0 Å². The SMILES string of the molecule is O=C1NCCN(Cc2cnns2)C1c1cccs1. The van der Waals surface area contributed by atoms with Crippen LogP contribution < -0.4 is 5.32 Å². The van der Waals surface area contributed by atoms with Gasteiger partial charge in [0, 0.05) is 24.5 Å². The maximum Gasteiger partial charge on any atom is 0.242 e. The minimum Gasteiger partial charge on any atom is -0.353 e. The third-order valence-corrected chi connectivity index (χ3v) is 4.46. The van der Waals surface area contributed by atoms with Crippen LogP contribution in [0.4, 0.5) is 0 Å². The number of nitrogens with one attached hydrogen (secondary N) is 1. The van der Waals surface area contributed by atoms with Gasteiger partial charge in [-0.3, -0.25) is 9.69 Å². The molecule has 0 aliphatic carbocycles. The molecule has 0 saturated carbocycles. The monoisotopic (exact) mass is 280 g/mol. The van der Waals surface area contributed by atoms with Gasteiger partial charge in [0.25, 0.3) is 0 Å². The summed E-state index contributed by atoms with van der Waals surface area (Å²) in [5, 5.41) is 8.77. The van der Waals surface area contributed by atoms with Crippen molar-refractivity contribution in [3.8, 4) is 0 Å². The summed E-state index contributed by atoms with van der Waals surface area (Å²) in [5.74, 6) is 0.0844. The topological polar surface area (TPSA) is 58.1 Å². The van der Waals surface area contributed by atoms with Gasteiger partial charge >= 0.3 is 0 Å². The summed E-state index contributed by atoms with van der Waals surface area (Å²) in [6, 6.07) is 3.81. The predicted molar refractivity (Wildman–Crippen MR) is 70.4 cm³/mol. The van der Waals surface area contributed by atoms with E-state index in [4.69, 9.17) is 0 Å². The molecule has 1 unspecified atom stereocenters. The first-order chi connectivity index (χ1) is 8.84. The Labute approximate surface area is 113 Å². The smallest absolute Gasteiger partial charge is 0.242 e. The van der Waals surface area contributed by atoms with Crippen molar-refractivity contribution in [2.24, 2.45) is 0 Å². The molecule has 2 aromatic rings. The highest BCUT2D eigenvalue weighted by molar-refractivity contribution is 7.10. The van der Waals surface area contributed by atoms with Gasteiger partial charge in [-0.1, -0.05) is 10.6 Å². The lowest BCUT2D eigenvalue weighted by molar-refractivity contribution is -0.129. The number of hydrogen-bond acceptors (Lipinski definition) is 6. The maximum absolute atomic E-state index is 12.1. The van der Waals surface area contributed by atoms with Crippen LogP contribution in [0.3, 0.4) is 0 Å². The van der Waals surface area contributed by atoms with Crippen molar-refractivity contribution in [3.63, 3.8) is 0 Å². The molecule has 1 atom stereocenters. The van der Waals surface area contributed by atoms with Crippen molar-refractivity contribution < 1.29 is 4.79 Å². The molecule has 3 heterocycles. The predicted octanol–water partition coefficient (Wildman–Crippen LogP) is 1.27. The number of hydrogen-bond donors (Lipinski definition) is 1. The molecule has 0 aromatic carbocycles. The fraction of sp³-hybridized carbons (Fsp3) is 0.364. The van der Waals surface area contributed by atoms with Gasteiger partial charge in [0.1, 0.15) is 6.04 Å². The number of rotatable bonds is 3. The Morgan fingerprint density at radius 1 is 1.56 bits per heavy atom. The van der Waals surface area contributed by atoms with Crippen LogP contribution in [-0.4, -0.2) is 33.5 Å². The van der Waals surface area contributed by atoms with Gasteiger partial charge in [0.15, 0.2) is 0 Å². The normalized spacial score (nSPS) is 20.9. The summed E-state index contributed by atoms with van der Waals surface area (Å²) >= 11 is 3.01. The Balaban J connectivity index is 1.84. The van der Waals surface area contributed by atoms with E-state index in [1.165, 1.54) is 11.5 Å². The van der Waals surface area contributed by atoms with Crippen LogP contribution in [0.2, 0.25) is 0 Å². The third kappa shape index (κ3) is 2.29. The molecular weight excluding hydrogens is 268 g/mol. The summed E-state index contributed by atoms with van der Waals surface area (Å²) in [7, 11) is 0. The first-order valence-corrected chi connectivity index (χ1v) is 7.31. The highest BCUT2D eigenvalue weighted by Crippen LogP contribution is 2.28. The first kappa shape index (κ1) is 11.8. The molecule has 18 heavy (non-hydrogen) atoms. The average Bonchev–Trinajstić information content (AvgIpc) is 3.01. The fourth-order valence-electron chi connectivity index (χ4n) is 2.10. The lowest BCUT2D eigenvalue weighted by Gasteiger charge is -2.33. The van der Waals surface area contributed by atoms with Gasteiger partial charge in [-0.05, 0) is 23.0 Å². The number of carbonyl (C=O) groups excluding carboxylic acids is 1. The van der Waals surface area contributed by atoms with Gasteiger partial charge in [-0.15, -0.1) is 16.4 Å². The number of carbonyl (C=O) groups is 1. The Kier molecular flexibility index (Phi) is 3.35.